The SMILES string of the molecule is CCc1nn(-c2nc3ccccc3s2)c(Cl)c1CCl. The van der Waals surface area contributed by atoms with Crippen molar-refractivity contribution >= 4 is 44.8 Å². The Balaban J connectivity index is 2.18. The maximum atomic E-state index is 6.35. The molecular weight excluding hydrogens is 301 g/mol. The highest BCUT2D eigenvalue weighted by atomic mass is 35.5. The standard InChI is InChI=1S/C13H11Cl2N3S/c1-2-9-8(7-14)12(15)18(17-9)13-16-10-5-3-4-6-11(10)19-13/h3-6H,2,7H2,1H3. The Bertz CT molecular complexity index is 700. The van der Waals surface area contributed by atoms with Crippen LogP contribution < -0.4 is 0 Å². The van der Waals surface area contributed by atoms with Crippen LogP contribution >= 0.6 is 34.5 Å². The maximum Gasteiger partial charge on any atom is 0.212 e. The third-order valence-electron chi connectivity index (χ3n) is 2.94. The van der Waals surface area contributed by atoms with Gasteiger partial charge >= 0.3 is 0 Å². The third-order valence-corrected chi connectivity index (χ3v) is 4.60. The Labute approximate surface area is 124 Å². The monoisotopic (exact) mass is 311 g/mol. The number of hydrogen-bond donors (Lipinski definition) is 0. The molecule has 0 aliphatic heterocycles. The highest BCUT2D eigenvalue weighted by Gasteiger charge is 2.17. The highest BCUT2D eigenvalue weighted by molar-refractivity contribution is 7.20. The fourth-order valence-corrected chi connectivity index (χ4v) is 3.58. The van der Waals surface area contributed by atoms with E-state index < -0.39 is 0 Å². The molecular formula is C13H11Cl2N3S. The van der Waals surface area contributed by atoms with Gasteiger partial charge in [0.2, 0.25) is 5.13 Å². The van der Waals surface area contributed by atoms with E-state index in [0.717, 1.165) is 33.0 Å². The fourth-order valence-electron chi connectivity index (χ4n) is 1.97. The third kappa shape index (κ3) is 2.14. The molecule has 0 spiro atoms. The van der Waals surface area contributed by atoms with Gasteiger partial charge in [-0.15, -0.1) is 11.6 Å². The second-order valence-electron chi connectivity index (χ2n) is 4.08. The molecule has 0 amide bonds. The summed E-state index contributed by atoms with van der Waals surface area (Å²) < 4.78 is 2.80. The van der Waals surface area contributed by atoms with Crippen LogP contribution in [0.4, 0.5) is 0 Å². The number of thiazole rings is 1. The second kappa shape index (κ2) is 5.12. The van der Waals surface area contributed by atoms with Crippen LogP contribution in [0.15, 0.2) is 24.3 Å². The Morgan fingerprint density at radius 2 is 2.11 bits per heavy atom. The van der Waals surface area contributed by atoms with Crippen LogP contribution in [-0.2, 0) is 12.3 Å². The predicted molar refractivity (Wildman–Crippen MR) is 80.7 cm³/mol. The van der Waals surface area contributed by atoms with E-state index in [9.17, 15) is 0 Å². The number of halogens is 2. The lowest BCUT2D eigenvalue weighted by atomic mass is 10.2. The van der Waals surface area contributed by atoms with Crippen LogP contribution in [0.25, 0.3) is 15.3 Å². The number of hydrogen-bond acceptors (Lipinski definition) is 3. The van der Waals surface area contributed by atoms with Gasteiger partial charge in [-0.1, -0.05) is 42.0 Å². The summed E-state index contributed by atoms with van der Waals surface area (Å²) >= 11 is 13.9. The molecule has 0 atom stereocenters. The Kier molecular flexibility index (Phi) is 3.48. The van der Waals surface area contributed by atoms with Crippen LogP contribution in [0, 0.1) is 0 Å². The molecule has 3 rings (SSSR count). The molecule has 19 heavy (non-hydrogen) atoms. The van der Waals surface area contributed by atoms with Crippen molar-refractivity contribution < 1.29 is 0 Å². The summed E-state index contributed by atoms with van der Waals surface area (Å²) in [5.41, 5.74) is 2.78. The van der Waals surface area contributed by atoms with E-state index in [0.29, 0.717) is 11.0 Å². The molecule has 6 heteroatoms. The van der Waals surface area contributed by atoms with Crippen molar-refractivity contribution in [2.45, 2.75) is 19.2 Å². The minimum absolute atomic E-state index is 0.368. The maximum absolute atomic E-state index is 6.35. The van der Waals surface area contributed by atoms with E-state index in [1.165, 1.54) is 0 Å². The molecule has 0 radical (unpaired) electrons. The lowest BCUT2D eigenvalue weighted by Gasteiger charge is -1.96. The first kappa shape index (κ1) is 12.9. The van der Waals surface area contributed by atoms with E-state index in [1.807, 2.05) is 31.2 Å². The number of benzene rings is 1. The largest absolute Gasteiger partial charge is 0.218 e. The Morgan fingerprint density at radius 3 is 2.74 bits per heavy atom. The number of rotatable bonds is 3. The van der Waals surface area contributed by atoms with Gasteiger partial charge in [0.05, 0.1) is 21.8 Å². The van der Waals surface area contributed by atoms with Crippen molar-refractivity contribution in [3.05, 3.63) is 40.7 Å². The van der Waals surface area contributed by atoms with Gasteiger partial charge < -0.3 is 0 Å². The van der Waals surface area contributed by atoms with Gasteiger partial charge in [-0.3, -0.25) is 0 Å². The van der Waals surface area contributed by atoms with E-state index in [-0.39, 0.29) is 0 Å². The zero-order valence-corrected chi connectivity index (χ0v) is 12.6. The normalized spacial score (nSPS) is 11.3. The van der Waals surface area contributed by atoms with Crippen LogP contribution in [-0.4, -0.2) is 14.8 Å². The molecule has 1 aromatic carbocycles. The molecule has 0 saturated carbocycles. The van der Waals surface area contributed by atoms with Gasteiger partial charge in [0.1, 0.15) is 5.15 Å². The van der Waals surface area contributed by atoms with Crippen LogP contribution in [0.5, 0.6) is 0 Å². The zero-order valence-electron chi connectivity index (χ0n) is 10.2. The smallest absolute Gasteiger partial charge is 0.212 e. The lowest BCUT2D eigenvalue weighted by molar-refractivity contribution is 0.836. The van der Waals surface area contributed by atoms with Crippen LogP contribution in [0.1, 0.15) is 18.2 Å². The molecule has 0 aliphatic rings. The molecule has 0 aliphatic carbocycles. The summed E-state index contributed by atoms with van der Waals surface area (Å²) in [5, 5.41) is 5.85. The Hall–Kier alpha value is -1.10. The minimum Gasteiger partial charge on any atom is -0.218 e. The number of aromatic nitrogens is 3. The average molecular weight is 312 g/mol. The van der Waals surface area contributed by atoms with E-state index in [2.05, 4.69) is 10.1 Å². The van der Waals surface area contributed by atoms with Crippen molar-refractivity contribution in [1.82, 2.24) is 14.8 Å². The van der Waals surface area contributed by atoms with Gasteiger partial charge in [0, 0.05) is 5.56 Å². The number of fused-ring (bicyclic) bond motifs is 1. The first-order chi connectivity index (χ1) is 9.24. The number of para-hydroxylation sites is 1. The van der Waals surface area contributed by atoms with Gasteiger partial charge in [-0.2, -0.15) is 9.78 Å². The summed E-state index contributed by atoms with van der Waals surface area (Å²) in [6, 6.07) is 7.99. The van der Waals surface area contributed by atoms with Crippen molar-refractivity contribution in [2.75, 3.05) is 0 Å². The van der Waals surface area contributed by atoms with E-state index in [1.54, 1.807) is 16.0 Å². The van der Waals surface area contributed by atoms with E-state index >= 15 is 0 Å². The summed E-state index contributed by atoms with van der Waals surface area (Å²) in [4.78, 5) is 4.56. The van der Waals surface area contributed by atoms with Crippen molar-refractivity contribution in [2.24, 2.45) is 0 Å². The summed E-state index contributed by atoms with van der Waals surface area (Å²) in [6.45, 7) is 2.04. The van der Waals surface area contributed by atoms with E-state index in [4.69, 9.17) is 23.2 Å². The molecule has 3 aromatic rings. The van der Waals surface area contributed by atoms with Gasteiger partial charge in [-0.05, 0) is 18.6 Å². The Morgan fingerprint density at radius 1 is 1.32 bits per heavy atom. The minimum atomic E-state index is 0.368. The van der Waals surface area contributed by atoms with Crippen molar-refractivity contribution in [3.63, 3.8) is 0 Å². The van der Waals surface area contributed by atoms with Crippen molar-refractivity contribution in [3.8, 4) is 5.13 Å². The molecule has 0 N–H and O–H groups in total. The summed E-state index contributed by atoms with van der Waals surface area (Å²) in [7, 11) is 0. The quantitative estimate of drug-likeness (QED) is 0.670. The zero-order chi connectivity index (χ0) is 13.4. The molecule has 3 nitrogen and oxygen atoms in total. The number of aryl methyl sites for hydroxylation is 1. The van der Waals surface area contributed by atoms with Crippen molar-refractivity contribution in [1.29, 1.82) is 0 Å². The van der Waals surface area contributed by atoms with Crippen LogP contribution in [0.2, 0.25) is 5.15 Å². The molecule has 0 bridgehead atoms. The molecule has 2 heterocycles. The molecule has 0 unspecified atom stereocenters. The summed E-state index contributed by atoms with van der Waals surface area (Å²) in [6.07, 6.45) is 0.805. The first-order valence-electron chi connectivity index (χ1n) is 5.92. The fraction of sp³-hybridized carbons (Fsp3) is 0.231. The molecule has 0 saturated heterocycles. The predicted octanol–water partition coefficient (Wildman–Crippen LogP) is 4.44. The van der Waals surface area contributed by atoms with Crippen LogP contribution in [0.3, 0.4) is 0 Å². The average Bonchev–Trinajstić information content (AvgIpc) is 2.98. The van der Waals surface area contributed by atoms with Gasteiger partial charge in [-0.25, -0.2) is 4.98 Å². The van der Waals surface area contributed by atoms with Gasteiger partial charge in [0.15, 0.2) is 0 Å². The topological polar surface area (TPSA) is 30.7 Å². The highest BCUT2D eigenvalue weighted by Crippen LogP contribution is 2.30. The second-order valence-corrected chi connectivity index (χ2v) is 5.71. The number of alkyl halides is 1. The molecule has 0 fully saturated rings. The molecule has 2 aromatic heterocycles. The lowest BCUT2D eigenvalue weighted by Crippen LogP contribution is -1.96. The van der Waals surface area contributed by atoms with Gasteiger partial charge in [0.25, 0.3) is 0 Å². The summed E-state index contributed by atoms with van der Waals surface area (Å²) in [5.74, 6) is 0.368. The number of nitrogens with zero attached hydrogens (tertiary/aromatic N) is 3. The first-order valence-corrected chi connectivity index (χ1v) is 7.65. The molecule has 98 valence electrons.